The molecule has 0 aromatic heterocycles. The van der Waals surface area contributed by atoms with Crippen LogP contribution in [0.1, 0.15) is 387 Å². The van der Waals surface area contributed by atoms with Gasteiger partial charge >= 0.3 is 5.97 Å². The van der Waals surface area contributed by atoms with Gasteiger partial charge in [0.05, 0.1) is 0 Å². The van der Waals surface area contributed by atoms with Crippen LogP contribution >= 0.6 is 0 Å². The van der Waals surface area contributed by atoms with E-state index < -0.39 is 0 Å². The van der Waals surface area contributed by atoms with Crippen molar-refractivity contribution in [3.05, 3.63) is 0 Å². The zero-order valence-corrected chi connectivity index (χ0v) is 45.4. The minimum Gasteiger partial charge on any atom is -0.459 e. The van der Waals surface area contributed by atoms with Crippen LogP contribution in [-0.2, 0) is 9.53 Å². The van der Waals surface area contributed by atoms with Gasteiger partial charge in [-0.05, 0) is 44.9 Å². The summed E-state index contributed by atoms with van der Waals surface area (Å²) < 4.78 is 6.72. The van der Waals surface area contributed by atoms with Gasteiger partial charge in [0.2, 0.25) is 0 Å². The standard InChI is InChI=1S/C62H124O2/c1-5-9-13-16-19-22-25-28-31-34-37-40-43-46-49-52-56-60-62(64-61(63)57-53-12-8-4,58-54-50-47-44-41-38-35-32-29-26-23-20-17-14-10-6-2)59-55-51-48-45-42-39-36-33-30-27-24-21-18-15-11-7-3/h5-60H2,1-4H3. The van der Waals surface area contributed by atoms with E-state index in [-0.39, 0.29) is 11.6 Å². The molecule has 0 aliphatic heterocycles. The van der Waals surface area contributed by atoms with E-state index in [4.69, 9.17) is 4.74 Å². The number of rotatable bonds is 57. The Bertz CT molecular complexity index is 814. The zero-order valence-electron chi connectivity index (χ0n) is 45.4. The Balaban J connectivity index is 4.75. The van der Waals surface area contributed by atoms with E-state index in [1.54, 1.807) is 0 Å². The Morgan fingerprint density at radius 3 is 0.578 bits per heavy atom. The third-order valence-corrected chi connectivity index (χ3v) is 15.0. The van der Waals surface area contributed by atoms with Crippen LogP contribution in [-0.4, -0.2) is 11.6 Å². The summed E-state index contributed by atoms with van der Waals surface area (Å²) in [6.07, 6.45) is 76.2. The highest BCUT2D eigenvalue weighted by molar-refractivity contribution is 5.69. The normalized spacial score (nSPS) is 11.9. The molecule has 0 saturated heterocycles. The molecular weight excluding hydrogens is 777 g/mol. The van der Waals surface area contributed by atoms with Crippen LogP contribution in [0.3, 0.4) is 0 Å². The van der Waals surface area contributed by atoms with E-state index in [2.05, 4.69) is 27.7 Å². The summed E-state index contributed by atoms with van der Waals surface area (Å²) in [7, 11) is 0. The molecule has 0 aliphatic rings. The fourth-order valence-corrected chi connectivity index (χ4v) is 10.5. The molecule has 0 heterocycles. The molecule has 0 bridgehead atoms. The molecule has 0 aromatic carbocycles. The predicted molar refractivity (Wildman–Crippen MR) is 290 cm³/mol. The third-order valence-electron chi connectivity index (χ3n) is 15.0. The van der Waals surface area contributed by atoms with Gasteiger partial charge in [-0.3, -0.25) is 4.79 Å². The Morgan fingerprint density at radius 1 is 0.234 bits per heavy atom. The first-order chi connectivity index (χ1) is 31.6. The van der Waals surface area contributed by atoms with Crippen LogP contribution in [0.25, 0.3) is 0 Å². The van der Waals surface area contributed by atoms with Crippen LogP contribution in [0.15, 0.2) is 0 Å². The molecular formula is C62H124O2. The van der Waals surface area contributed by atoms with Crippen molar-refractivity contribution in [2.75, 3.05) is 0 Å². The first-order valence-electron chi connectivity index (χ1n) is 30.9. The van der Waals surface area contributed by atoms with Crippen LogP contribution < -0.4 is 0 Å². The van der Waals surface area contributed by atoms with Gasteiger partial charge in [0.15, 0.2) is 0 Å². The largest absolute Gasteiger partial charge is 0.459 e. The lowest BCUT2D eigenvalue weighted by Gasteiger charge is -2.34. The zero-order chi connectivity index (χ0) is 46.4. The second-order valence-electron chi connectivity index (χ2n) is 21.6. The van der Waals surface area contributed by atoms with Gasteiger partial charge in [0.25, 0.3) is 0 Å². The Labute approximate surface area is 406 Å². The van der Waals surface area contributed by atoms with Crippen LogP contribution in [0, 0.1) is 0 Å². The molecule has 0 rings (SSSR count). The van der Waals surface area contributed by atoms with E-state index in [1.165, 1.54) is 315 Å². The van der Waals surface area contributed by atoms with Crippen LogP contribution in [0.5, 0.6) is 0 Å². The summed E-state index contributed by atoms with van der Waals surface area (Å²) in [6.45, 7) is 9.17. The van der Waals surface area contributed by atoms with E-state index in [0.29, 0.717) is 6.42 Å². The van der Waals surface area contributed by atoms with Crippen molar-refractivity contribution in [3.63, 3.8) is 0 Å². The molecule has 0 amide bonds. The Kier molecular flexibility index (Phi) is 54.6. The van der Waals surface area contributed by atoms with Gasteiger partial charge in [-0.1, -0.05) is 336 Å². The highest BCUT2D eigenvalue weighted by Gasteiger charge is 2.33. The van der Waals surface area contributed by atoms with Crippen molar-refractivity contribution in [2.45, 2.75) is 393 Å². The molecule has 2 nitrogen and oxygen atoms in total. The van der Waals surface area contributed by atoms with Crippen molar-refractivity contribution in [1.29, 1.82) is 0 Å². The van der Waals surface area contributed by atoms with E-state index in [0.717, 1.165) is 38.5 Å². The maximum absolute atomic E-state index is 13.4. The molecule has 0 saturated carbocycles. The lowest BCUT2D eigenvalue weighted by molar-refractivity contribution is -0.163. The van der Waals surface area contributed by atoms with Gasteiger partial charge in [-0.2, -0.15) is 0 Å². The molecule has 0 aromatic rings. The predicted octanol–water partition coefficient (Wildman–Crippen LogP) is 23.2. The van der Waals surface area contributed by atoms with E-state index in [1.807, 2.05) is 0 Å². The monoisotopic (exact) mass is 901 g/mol. The lowest BCUT2D eigenvalue weighted by Crippen LogP contribution is -2.35. The molecule has 0 atom stereocenters. The van der Waals surface area contributed by atoms with Crippen molar-refractivity contribution >= 4 is 5.97 Å². The second-order valence-corrected chi connectivity index (χ2v) is 21.6. The van der Waals surface area contributed by atoms with Gasteiger partial charge in [-0.25, -0.2) is 0 Å². The molecule has 0 radical (unpaired) electrons. The summed E-state index contributed by atoms with van der Waals surface area (Å²) in [5.74, 6) is 0.105. The number of hydrogen-bond donors (Lipinski definition) is 0. The van der Waals surface area contributed by atoms with Crippen molar-refractivity contribution < 1.29 is 9.53 Å². The lowest BCUT2D eigenvalue weighted by atomic mass is 9.84. The first-order valence-corrected chi connectivity index (χ1v) is 30.9. The number of unbranched alkanes of at least 4 members (excludes halogenated alkanes) is 48. The van der Waals surface area contributed by atoms with Crippen LogP contribution in [0.4, 0.5) is 0 Å². The summed E-state index contributed by atoms with van der Waals surface area (Å²) in [5.41, 5.74) is -0.217. The SMILES string of the molecule is CCCCCCCCCCCCCCCCCCCC(CCCCCCCCCCCCCCCCCC)(CCCCCCCCCCCCCCCCCC)OC(=O)CCCCC. The number of hydrogen-bond acceptors (Lipinski definition) is 2. The molecule has 0 N–H and O–H groups in total. The number of carbonyl (C=O) groups excluding carboxylic acids is 1. The molecule has 0 spiro atoms. The smallest absolute Gasteiger partial charge is 0.306 e. The van der Waals surface area contributed by atoms with Gasteiger partial charge < -0.3 is 4.74 Å². The van der Waals surface area contributed by atoms with E-state index >= 15 is 0 Å². The average Bonchev–Trinajstić information content (AvgIpc) is 3.29. The summed E-state index contributed by atoms with van der Waals surface area (Å²) in [4.78, 5) is 13.4. The second kappa shape index (κ2) is 55.1. The van der Waals surface area contributed by atoms with Crippen molar-refractivity contribution in [1.82, 2.24) is 0 Å². The number of esters is 1. The fraction of sp³-hybridized carbons (Fsp3) is 0.984. The molecule has 0 fully saturated rings. The van der Waals surface area contributed by atoms with E-state index in [9.17, 15) is 4.79 Å². The molecule has 2 heteroatoms. The maximum Gasteiger partial charge on any atom is 0.306 e. The number of ether oxygens (including phenoxy) is 1. The van der Waals surface area contributed by atoms with Gasteiger partial charge in [-0.15, -0.1) is 0 Å². The first kappa shape index (κ1) is 63.5. The molecule has 0 unspecified atom stereocenters. The van der Waals surface area contributed by atoms with Crippen molar-refractivity contribution in [3.8, 4) is 0 Å². The molecule has 384 valence electrons. The van der Waals surface area contributed by atoms with Gasteiger partial charge in [0.1, 0.15) is 5.60 Å². The summed E-state index contributed by atoms with van der Waals surface area (Å²) >= 11 is 0. The minimum absolute atomic E-state index is 0.105. The maximum atomic E-state index is 13.4. The summed E-state index contributed by atoms with van der Waals surface area (Å²) in [5, 5.41) is 0. The highest BCUT2D eigenvalue weighted by Crippen LogP contribution is 2.34. The van der Waals surface area contributed by atoms with Crippen LogP contribution in [0.2, 0.25) is 0 Å². The minimum atomic E-state index is -0.217. The average molecular weight is 902 g/mol. The topological polar surface area (TPSA) is 26.3 Å². The van der Waals surface area contributed by atoms with Crippen molar-refractivity contribution in [2.24, 2.45) is 0 Å². The quantitative estimate of drug-likeness (QED) is 0.0449. The van der Waals surface area contributed by atoms with Gasteiger partial charge in [0, 0.05) is 6.42 Å². The number of carbonyl (C=O) groups is 1. The highest BCUT2D eigenvalue weighted by atomic mass is 16.6. The Morgan fingerprint density at radius 2 is 0.391 bits per heavy atom. The summed E-state index contributed by atoms with van der Waals surface area (Å²) in [6, 6.07) is 0. The third kappa shape index (κ3) is 49.4. The molecule has 0 aliphatic carbocycles. The molecule has 64 heavy (non-hydrogen) atoms. The Hall–Kier alpha value is -0.530. The fourth-order valence-electron chi connectivity index (χ4n) is 10.5.